The van der Waals surface area contributed by atoms with Crippen LogP contribution in [-0.4, -0.2) is 23.2 Å². The van der Waals surface area contributed by atoms with E-state index in [1.54, 1.807) is 0 Å². The molecule has 0 radical (unpaired) electrons. The summed E-state index contributed by atoms with van der Waals surface area (Å²) in [5, 5.41) is 11.8. The molecule has 3 nitrogen and oxygen atoms in total. The number of carbonyl (C=O) groups excluding carboxylic acids is 1. The van der Waals surface area contributed by atoms with Gasteiger partial charge >= 0.3 is 0 Å². The zero-order valence-electron chi connectivity index (χ0n) is 10.2. The Labute approximate surface area is 110 Å². The molecule has 94 valence electrons. The minimum atomic E-state index is -0.360. The van der Waals surface area contributed by atoms with E-state index in [-0.39, 0.29) is 18.1 Å². The van der Waals surface area contributed by atoms with Gasteiger partial charge in [-0.25, -0.2) is 0 Å². The van der Waals surface area contributed by atoms with E-state index < -0.39 is 0 Å². The molecule has 0 spiro atoms. The molecule has 1 aromatic carbocycles. The summed E-state index contributed by atoms with van der Waals surface area (Å²) in [4.78, 5) is 11.8. The molecule has 0 aliphatic rings. The SMILES string of the molecule is CC(C)(CCO)NC(=O)Cc1ccc(Br)cc1. The summed E-state index contributed by atoms with van der Waals surface area (Å²) in [5.41, 5.74) is 0.617. The topological polar surface area (TPSA) is 49.3 Å². The Bertz CT molecular complexity index is 374. The average Bonchev–Trinajstić information content (AvgIpc) is 2.20. The normalized spacial score (nSPS) is 11.3. The van der Waals surface area contributed by atoms with E-state index in [0.29, 0.717) is 12.8 Å². The fourth-order valence-electron chi connectivity index (χ4n) is 1.55. The van der Waals surface area contributed by atoms with Crippen molar-refractivity contribution in [3.63, 3.8) is 0 Å². The number of aliphatic hydroxyl groups is 1. The molecule has 0 unspecified atom stereocenters. The first-order valence-electron chi connectivity index (χ1n) is 5.59. The summed E-state index contributed by atoms with van der Waals surface area (Å²) >= 11 is 3.35. The molecule has 0 saturated heterocycles. The van der Waals surface area contributed by atoms with Crippen LogP contribution in [-0.2, 0) is 11.2 Å². The number of amides is 1. The highest BCUT2D eigenvalue weighted by molar-refractivity contribution is 9.10. The van der Waals surface area contributed by atoms with Crippen molar-refractivity contribution < 1.29 is 9.90 Å². The maximum Gasteiger partial charge on any atom is 0.224 e. The fourth-order valence-corrected chi connectivity index (χ4v) is 1.82. The third-order valence-electron chi connectivity index (χ3n) is 2.49. The van der Waals surface area contributed by atoms with Gasteiger partial charge < -0.3 is 10.4 Å². The second kappa shape index (κ2) is 6.17. The number of hydrogen-bond acceptors (Lipinski definition) is 2. The molecule has 17 heavy (non-hydrogen) atoms. The lowest BCUT2D eigenvalue weighted by molar-refractivity contribution is -0.122. The van der Waals surface area contributed by atoms with Gasteiger partial charge in [-0.2, -0.15) is 0 Å². The molecule has 0 fully saturated rings. The minimum absolute atomic E-state index is 0.0224. The van der Waals surface area contributed by atoms with Crippen molar-refractivity contribution in [1.29, 1.82) is 0 Å². The Balaban J connectivity index is 2.52. The average molecular weight is 300 g/mol. The molecule has 1 amide bonds. The van der Waals surface area contributed by atoms with Crippen molar-refractivity contribution in [2.24, 2.45) is 0 Å². The predicted octanol–water partition coefficient (Wildman–Crippen LogP) is 2.27. The molecule has 0 saturated carbocycles. The molecular weight excluding hydrogens is 282 g/mol. The molecule has 0 bridgehead atoms. The summed E-state index contributed by atoms with van der Waals surface area (Å²) in [6.45, 7) is 3.89. The van der Waals surface area contributed by atoms with Gasteiger partial charge in [-0.3, -0.25) is 4.79 Å². The van der Waals surface area contributed by atoms with Gasteiger partial charge in [0.1, 0.15) is 0 Å². The molecule has 0 atom stereocenters. The fraction of sp³-hybridized carbons (Fsp3) is 0.462. The Morgan fingerprint density at radius 3 is 2.47 bits per heavy atom. The van der Waals surface area contributed by atoms with Crippen molar-refractivity contribution in [2.75, 3.05) is 6.61 Å². The van der Waals surface area contributed by atoms with E-state index in [9.17, 15) is 4.79 Å². The van der Waals surface area contributed by atoms with E-state index >= 15 is 0 Å². The van der Waals surface area contributed by atoms with Crippen molar-refractivity contribution in [1.82, 2.24) is 5.32 Å². The highest BCUT2D eigenvalue weighted by atomic mass is 79.9. The van der Waals surface area contributed by atoms with E-state index in [1.165, 1.54) is 0 Å². The van der Waals surface area contributed by atoms with Crippen LogP contribution in [0.3, 0.4) is 0 Å². The van der Waals surface area contributed by atoms with Crippen LogP contribution in [0.5, 0.6) is 0 Å². The van der Waals surface area contributed by atoms with E-state index in [1.807, 2.05) is 38.1 Å². The van der Waals surface area contributed by atoms with Crippen LogP contribution in [0, 0.1) is 0 Å². The van der Waals surface area contributed by atoms with E-state index in [2.05, 4.69) is 21.2 Å². The Hall–Kier alpha value is -0.870. The summed E-state index contributed by atoms with van der Waals surface area (Å²) in [6, 6.07) is 7.67. The van der Waals surface area contributed by atoms with Crippen molar-refractivity contribution in [3.05, 3.63) is 34.3 Å². The second-order valence-electron chi connectivity index (χ2n) is 4.71. The molecular formula is C13H18BrNO2. The maximum atomic E-state index is 11.8. The Morgan fingerprint density at radius 1 is 1.35 bits per heavy atom. The number of carbonyl (C=O) groups is 1. The second-order valence-corrected chi connectivity index (χ2v) is 5.62. The molecule has 2 N–H and O–H groups in total. The van der Waals surface area contributed by atoms with Crippen LogP contribution in [0.4, 0.5) is 0 Å². The number of aliphatic hydroxyl groups excluding tert-OH is 1. The van der Waals surface area contributed by atoms with Crippen molar-refractivity contribution >= 4 is 21.8 Å². The summed E-state index contributed by atoms with van der Waals surface area (Å²) in [5.74, 6) is -0.0224. The predicted molar refractivity (Wildman–Crippen MR) is 71.8 cm³/mol. The number of rotatable bonds is 5. The van der Waals surface area contributed by atoms with Crippen LogP contribution >= 0.6 is 15.9 Å². The quantitative estimate of drug-likeness (QED) is 0.876. The molecule has 0 heterocycles. The largest absolute Gasteiger partial charge is 0.396 e. The molecule has 0 aromatic heterocycles. The third-order valence-corrected chi connectivity index (χ3v) is 3.02. The van der Waals surface area contributed by atoms with Crippen LogP contribution in [0.1, 0.15) is 25.8 Å². The van der Waals surface area contributed by atoms with Crippen LogP contribution in [0.15, 0.2) is 28.7 Å². The first kappa shape index (κ1) is 14.2. The van der Waals surface area contributed by atoms with Crippen LogP contribution in [0.2, 0.25) is 0 Å². The van der Waals surface area contributed by atoms with Gasteiger partial charge in [0.25, 0.3) is 0 Å². The molecule has 0 aliphatic heterocycles. The molecule has 1 aromatic rings. The highest BCUT2D eigenvalue weighted by Crippen LogP contribution is 2.12. The molecule has 1 rings (SSSR count). The summed E-state index contributed by atoms with van der Waals surface area (Å²) in [7, 11) is 0. The first-order chi connectivity index (χ1) is 7.93. The zero-order chi connectivity index (χ0) is 12.9. The lowest BCUT2D eigenvalue weighted by Gasteiger charge is -2.25. The van der Waals surface area contributed by atoms with Gasteiger partial charge in [-0.1, -0.05) is 28.1 Å². The van der Waals surface area contributed by atoms with E-state index in [4.69, 9.17) is 5.11 Å². The standard InChI is InChI=1S/C13H18BrNO2/c1-13(2,7-8-16)15-12(17)9-10-3-5-11(14)6-4-10/h3-6,16H,7-9H2,1-2H3,(H,15,17). The first-order valence-corrected chi connectivity index (χ1v) is 6.38. The maximum absolute atomic E-state index is 11.8. The highest BCUT2D eigenvalue weighted by Gasteiger charge is 2.19. The van der Waals surface area contributed by atoms with Gasteiger partial charge in [0.15, 0.2) is 0 Å². The summed E-state index contributed by atoms with van der Waals surface area (Å²) < 4.78 is 1.00. The number of benzene rings is 1. The van der Waals surface area contributed by atoms with Crippen LogP contribution in [0.25, 0.3) is 0 Å². The smallest absolute Gasteiger partial charge is 0.224 e. The molecule has 4 heteroatoms. The number of nitrogens with one attached hydrogen (secondary N) is 1. The molecule has 0 aliphatic carbocycles. The van der Waals surface area contributed by atoms with Crippen molar-refractivity contribution in [2.45, 2.75) is 32.2 Å². The van der Waals surface area contributed by atoms with Gasteiger partial charge in [0, 0.05) is 16.6 Å². The minimum Gasteiger partial charge on any atom is -0.396 e. The zero-order valence-corrected chi connectivity index (χ0v) is 11.8. The Morgan fingerprint density at radius 2 is 1.94 bits per heavy atom. The third kappa shape index (κ3) is 5.33. The van der Waals surface area contributed by atoms with Crippen molar-refractivity contribution in [3.8, 4) is 0 Å². The lowest BCUT2D eigenvalue weighted by Crippen LogP contribution is -2.44. The van der Waals surface area contributed by atoms with Gasteiger partial charge in [0.05, 0.1) is 6.42 Å². The number of halogens is 1. The summed E-state index contributed by atoms with van der Waals surface area (Å²) in [6.07, 6.45) is 0.918. The van der Waals surface area contributed by atoms with Crippen LogP contribution < -0.4 is 5.32 Å². The monoisotopic (exact) mass is 299 g/mol. The Kier molecular flexibility index (Phi) is 5.15. The van der Waals surface area contributed by atoms with Gasteiger partial charge in [-0.15, -0.1) is 0 Å². The lowest BCUT2D eigenvalue weighted by atomic mass is 10.0. The van der Waals surface area contributed by atoms with Gasteiger partial charge in [-0.05, 0) is 38.0 Å². The van der Waals surface area contributed by atoms with Gasteiger partial charge in [0.2, 0.25) is 5.91 Å². The van der Waals surface area contributed by atoms with E-state index in [0.717, 1.165) is 10.0 Å². The number of hydrogen-bond donors (Lipinski definition) is 2.